The first kappa shape index (κ1) is 49.0. The highest BCUT2D eigenvalue weighted by Gasteiger charge is 2.30. The summed E-state index contributed by atoms with van der Waals surface area (Å²) in [6.45, 7) is 4.84. The number of fused-ring (bicyclic) bond motifs is 4. The zero-order valence-electron chi connectivity index (χ0n) is 38.6. The molecule has 4 aliphatic rings. The van der Waals surface area contributed by atoms with Crippen LogP contribution in [0.4, 0.5) is 5.69 Å². The van der Waals surface area contributed by atoms with E-state index >= 15 is 0 Å². The number of carboxylic acid groups (broad SMARTS) is 3. The fourth-order valence-corrected chi connectivity index (χ4v) is 9.47. The van der Waals surface area contributed by atoms with Crippen LogP contribution >= 0.6 is 23.2 Å². The van der Waals surface area contributed by atoms with Crippen molar-refractivity contribution in [3.8, 4) is 50.7 Å². The quantitative estimate of drug-likeness (QED) is 0.0476. The Morgan fingerprint density at radius 1 is 0.616 bits per heavy atom. The first-order valence-corrected chi connectivity index (χ1v) is 23.4. The molecule has 0 saturated carbocycles. The van der Waals surface area contributed by atoms with E-state index in [0.29, 0.717) is 52.1 Å². The number of nitrogens with one attached hydrogen (secondary N) is 4. The summed E-state index contributed by atoms with van der Waals surface area (Å²) in [5.41, 5.74) is 2.26. The van der Waals surface area contributed by atoms with Crippen molar-refractivity contribution in [3.05, 3.63) is 180 Å². The largest absolute Gasteiger partial charge is 0.507 e. The number of amides is 2. The molecule has 2 aliphatic carbocycles. The van der Waals surface area contributed by atoms with E-state index in [4.69, 9.17) is 32.0 Å². The molecule has 5 aromatic carbocycles. The second-order valence-electron chi connectivity index (χ2n) is 16.7. The van der Waals surface area contributed by atoms with Gasteiger partial charge in [0.25, 0.3) is 11.8 Å². The lowest BCUT2D eigenvalue weighted by Crippen LogP contribution is -2.75. The molecule has 0 radical (unpaired) electrons. The van der Waals surface area contributed by atoms with Gasteiger partial charge >= 0.3 is 17.9 Å². The molecule has 9 rings (SSSR count). The lowest BCUT2D eigenvalue weighted by Gasteiger charge is -2.20. The Bertz CT molecular complexity index is 3850. The smallest absolute Gasteiger partial charge is 0.337 e. The van der Waals surface area contributed by atoms with Crippen LogP contribution in [0.25, 0.3) is 66.8 Å². The second-order valence-corrected chi connectivity index (χ2v) is 17.5. The molecule has 18 heteroatoms. The maximum Gasteiger partial charge on any atom is 0.337 e. The van der Waals surface area contributed by atoms with Crippen molar-refractivity contribution in [3.63, 3.8) is 0 Å². The molecule has 0 bridgehead atoms. The molecule has 16 nitrogen and oxygen atoms in total. The molecule has 0 fully saturated rings. The Morgan fingerprint density at radius 3 is 2.03 bits per heavy atom. The van der Waals surface area contributed by atoms with E-state index in [9.17, 15) is 49.2 Å². The third-order valence-electron chi connectivity index (χ3n) is 12.2. The summed E-state index contributed by atoms with van der Waals surface area (Å²) in [5.74, 6) is -5.19. The van der Waals surface area contributed by atoms with Crippen molar-refractivity contribution in [2.45, 2.75) is 26.9 Å². The van der Waals surface area contributed by atoms with E-state index in [1.54, 1.807) is 24.3 Å². The lowest BCUT2D eigenvalue weighted by molar-refractivity contribution is -0.496. The first-order valence-electron chi connectivity index (χ1n) is 22.6. The minimum Gasteiger partial charge on any atom is -0.507 e. The molecular weight excluding hydrogens is 980 g/mol. The van der Waals surface area contributed by atoms with E-state index < -0.39 is 35.2 Å². The van der Waals surface area contributed by atoms with Crippen molar-refractivity contribution in [2.75, 3.05) is 18.4 Å². The van der Waals surface area contributed by atoms with Crippen LogP contribution in [0.5, 0.6) is 5.75 Å². The molecule has 0 aromatic heterocycles. The van der Waals surface area contributed by atoms with Crippen LogP contribution in [0.15, 0.2) is 129 Å². The fraction of sp³-hybridized carbons (Fsp3) is 0.109. The van der Waals surface area contributed by atoms with Gasteiger partial charge in [0.1, 0.15) is 35.0 Å². The SMILES string of the molecule is CCNc1ccc2c(-c3c(Cl)cc(C(=O)NCc4ccc(C(=O)NCc5c(O)ccc6c(-c7cc(C(=O)O)ccc7C(=O)O)c7ccc(=O)cc-7oc56)cc4)c(Cl)c3C(=O)O)c3ccc(=[NH+]CC)cc-3oc2c1. The Kier molecular flexibility index (Phi) is 13.4. The van der Waals surface area contributed by atoms with Gasteiger partial charge in [-0.1, -0.05) is 35.3 Å². The second kappa shape index (κ2) is 20.0. The number of halogens is 2. The lowest BCUT2D eigenvalue weighted by atomic mass is 9.89. The Hall–Kier alpha value is -8.99. The van der Waals surface area contributed by atoms with Gasteiger partial charge < -0.3 is 45.2 Å². The van der Waals surface area contributed by atoms with Crippen LogP contribution in [-0.4, -0.2) is 63.2 Å². The molecule has 366 valence electrons. The van der Waals surface area contributed by atoms with Crippen LogP contribution in [0.2, 0.25) is 10.0 Å². The average molecular weight is 1020 g/mol. The Labute approximate surface area is 423 Å². The highest BCUT2D eigenvalue weighted by atomic mass is 35.5. The molecule has 2 aliphatic heterocycles. The van der Waals surface area contributed by atoms with E-state index in [1.807, 2.05) is 38.1 Å². The maximum atomic E-state index is 13.8. The molecule has 5 aromatic rings. The van der Waals surface area contributed by atoms with Crippen LogP contribution in [0.1, 0.15) is 76.8 Å². The molecule has 2 heterocycles. The number of rotatable bonds is 14. The molecular formula is C55H41Cl2N4O12+. The molecule has 0 unspecified atom stereocenters. The van der Waals surface area contributed by atoms with Crippen LogP contribution < -0.4 is 31.7 Å². The van der Waals surface area contributed by atoms with Gasteiger partial charge in [-0.15, -0.1) is 0 Å². The summed E-state index contributed by atoms with van der Waals surface area (Å²) in [5, 5.41) is 51.7. The number of hydrogen-bond donors (Lipinski definition) is 8. The molecule has 8 N–H and O–H groups in total. The number of anilines is 1. The van der Waals surface area contributed by atoms with Gasteiger partial charge in [0.15, 0.2) is 5.43 Å². The van der Waals surface area contributed by atoms with Gasteiger partial charge in [-0.25, -0.2) is 19.4 Å². The van der Waals surface area contributed by atoms with Gasteiger partial charge in [0.05, 0.1) is 50.5 Å². The normalized spacial score (nSPS) is 11.6. The van der Waals surface area contributed by atoms with E-state index in [-0.39, 0.29) is 95.7 Å². The van der Waals surface area contributed by atoms with Crippen molar-refractivity contribution in [2.24, 2.45) is 0 Å². The number of carbonyl (C=O) groups excluding carboxylic acids is 2. The molecule has 0 spiro atoms. The molecule has 2 amide bonds. The summed E-state index contributed by atoms with van der Waals surface area (Å²) in [7, 11) is 0. The van der Waals surface area contributed by atoms with Crippen LogP contribution in [0.3, 0.4) is 0 Å². The number of hydrogen-bond acceptors (Lipinski definition) is 10. The summed E-state index contributed by atoms with van der Waals surface area (Å²) in [6.07, 6.45) is 0. The van der Waals surface area contributed by atoms with Gasteiger partial charge in [-0.3, -0.25) is 14.4 Å². The van der Waals surface area contributed by atoms with E-state index in [0.717, 1.165) is 17.1 Å². The summed E-state index contributed by atoms with van der Waals surface area (Å²) in [6, 6.07) is 28.6. The number of carbonyl (C=O) groups is 5. The van der Waals surface area contributed by atoms with E-state index in [1.165, 1.54) is 60.7 Å². The minimum absolute atomic E-state index is 0.00147. The number of aromatic hydroxyl groups is 1. The summed E-state index contributed by atoms with van der Waals surface area (Å²) in [4.78, 5) is 80.7. The van der Waals surface area contributed by atoms with Gasteiger partial charge in [0.2, 0.25) is 5.36 Å². The highest BCUT2D eigenvalue weighted by molar-refractivity contribution is 6.41. The van der Waals surface area contributed by atoms with Gasteiger partial charge in [0, 0.05) is 81.1 Å². The predicted octanol–water partition coefficient (Wildman–Crippen LogP) is 8.48. The van der Waals surface area contributed by atoms with Crippen LogP contribution in [0, 0.1) is 0 Å². The number of aromatic carboxylic acids is 3. The van der Waals surface area contributed by atoms with Crippen molar-refractivity contribution in [1.29, 1.82) is 0 Å². The van der Waals surface area contributed by atoms with Crippen molar-refractivity contribution in [1.82, 2.24) is 10.6 Å². The molecule has 73 heavy (non-hydrogen) atoms. The summed E-state index contributed by atoms with van der Waals surface area (Å²) < 4.78 is 12.5. The fourth-order valence-electron chi connectivity index (χ4n) is 8.86. The predicted molar refractivity (Wildman–Crippen MR) is 273 cm³/mol. The zero-order chi connectivity index (χ0) is 51.8. The van der Waals surface area contributed by atoms with Crippen molar-refractivity contribution >= 4 is 80.6 Å². The van der Waals surface area contributed by atoms with Gasteiger partial charge in [-0.2, -0.15) is 0 Å². The monoisotopic (exact) mass is 1020 g/mol. The van der Waals surface area contributed by atoms with E-state index in [2.05, 4.69) is 20.9 Å². The first-order chi connectivity index (χ1) is 35.1. The third-order valence-corrected chi connectivity index (χ3v) is 12.9. The Morgan fingerprint density at radius 2 is 1.32 bits per heavy atom. The van der Waals surface area contributed by atoms with Gasteiger partial charge in [-0.05, 0) is 104 Å². The number of phenols is 1. The topological polar surface area (TPSA) is 260 Å². The average Bonchev–Trinajstić information content (AvgIpc) is 3.36. The third kappa shape index (κ3) is 9.39. The standard InChI is InChI=1S/C55H40Cl2N4O12/c1-3-58-29-10-14-34-42(20-29)72-43-21-30(59-4-2)11-15-35(43)46(34)47-40(56)23-38(49(57)48(47)55(70)71)52(65)60-24-26-5-7-27(8-6-26)51(64)61-25-39-41(63)18-17-36-45(33-16-12-31(62)22-44(33)73-50(36)39)37-19-28(53(66)67)9-13-32(37)54(68)69/h5-23,58,63H,3-4,24-25H2,1-2H3,(H,60,65)(H,61,64)(H,66,67)(H,68,69)(H,70,71)/p+1. The maximum absolute atomic E-state index is 13.8. The number of phenolic OH excluding ortho intramolecular Hbond substituents is 1. The van der Waals surface area contributed by atoms with Crippen LogP contribution in [-0.2, 0) is 13.1 Å². The minimum atomic E-state index is -1.42. The van der Waals surface area contributed by atoms with Crippen molar-refractivity contribution < 1.29 is 58.2 Å². The molecule has 0 atom stereocenters. The summed E-state index contributed by atoms with van der Waals surface area (Å²) >= 11 is 13.8. The zero-order valence-corrected chi connectivity index (χ0v) is 40.1. The molecule has 0 saturated heterocycles. The Balaban J connectivity index is 0.973. The highest BCUT2D eigenvalue weighted by Crippen LogP contribution is 2.47. The number of benzene rings is 7. The number of carboxylic acids is 3.